The number of benzene rings is 2. The molecule has 20 heavy (non-hydrogen) atoms. The number of rotatable bonds is 2. The van der Waals surface area contributed by atoms with Crippen LogP contribution >= 0.6 is 11.6 Å². The molecule has 0 amide bonds. The van der Waals surface area contributed by atoms with Crippen LogP contribution in [0.3, 0.4) is 0 Å². The fourth-order valence-electron chi connectivity index (χ4n) is 2.24. The fourth-order valence-corrected chi connectivity index (χ4v) is 2.41. The van der Waals surface area contributed by atoms with Crippen LogP contribution in [0, 0.1) is 0 Å². The summed E-state index contributed by atoms with van der Waals surface area (Å²) in [6, 6.07) is 10.7. The molecule has 1 aromatic heterocycles. The van der Waals surface area contributed by atoms with Crippen LogP contribution in [0.1, 0.15) is 0 Å². The highest BCUT2D eigenvalue weighted by Gasteiger charge is 2.14. The Hall–Kier alpha value is -2.20. The molecule has 0 atom stereocenters. The topological polar surface area (TPSA) is 47.3 Å². The lowest BCUT2D eigenvalue weighted by Gasteiger charge is -2.05. The van der Waals surface area contributed by atoms with Crippen LogP contribution in [0.15, 0.2) is 36.4 Å². The Kier molecular flexibility index (Phi) is 3.03. The molecule has 1 N–H and O–H groups in total. The van der Waals surface area contributed by atoms with Crippen molar-refractivity contribution >= 4 is 22.6 Å². The number of imidazole rings is 1. The van der Waals surface area contributed by atoms with E-state index in [9.17, 15) is 5.11 Å². The minimum atomic E-state index is 0.114. The molecule has 0 unspecified atom stereocenters. The van der Waals surface area contributed by atoms with E-state index in [0.29, 0.717) is 16.4 Å². The number of aromatic hydroxyl groups is 1. The summed E-state index contributed by atoms with van der Waals surface area (Å²) >= 11 is 5.86. The van der Waals surface area contributed by atoms with Crippen LogP contribution in [0.2, 0.25) is 5.02 Å². The highest BCUT2D eigenvalue weighted by Crippen LogP contribution is 2.33. The lowest BCUT2D eigenvalue weighted by molar-refractivity contribution is 0.415. The van der Waals surface area contributed by atoms with Crippen LogP contribution in [0.4, 0.5) is 0 Å². The van der Waals surface area contributed by atoms with Gasteiger partial charge in [0.2, 0.25) is 0 Å². The minimum Gasteiger partial charge on any atom is -0.507 e. The van der Waals surface area contributed by atoms with Crippen LogP contribution in [0.25, 0.3) is 22.4 Å². The summed E-state index contributed by atoms with van der Waals surface area (Å²) in [5.41, 5.74) is 2.43. The standard InChI is InChI=1S/C15H13ClN2O2/c1-18-13-6-4-10(20-2)8-12(13)17-15(18)11-5-3-9(16)7-14(11)19/h3-8,19H,1-2H3. The van der Waals surface area contributed by atoms with Crippen molar-refractivity contribution < 1.29 is 9.84 Å². The fraction of sp³-hybridized carbons (Fsp3) is 0.133. The predicted octanol–water partition coefficient (Wildman–Crippen LogP) is 3.61. The van der Waals surface area contributed by atoms with E-state index >= 15 is 0 Å². The van der Waals surface area contributed by atoms with Crippen LogP contribution in [-0.4, -0.2) is 21.8 Å². The molecule has 3 rings (SSSR count). The quantitative estimate of drug-likeness (QED) is 0.783. The molecule has 0 saturated heterocycles. The molecule has 0 fully saturated rings. The van der Waals surface area contributed by atoms with E-state index in [-0.39, 0.29) is 5.75 Å². The number of halogens is 1. The number of aromatic nitrogens is 2. The maximum atomic E-state index is 10.0. The molecule has 3 aromatic rings. The van der Waals surface area contributed by atoms with E-state index in [1.54, 1.807) is 19.2 Å². The van der Waals surface area contributed by atoms with Gasteiger partial charge in [-0.1, -0.05) is 11.6 Å². The Bertz CT molecular complexity index is 796. The van der Waals surface area contributed by atoms with E-state index in [4.69, 9.17) is 16.3 Å². The Labute approximate surface area is 121 Å². The largest absolute Gasteiger partial charge is 0.507 e. The summed E-state index contributed by atoms with van der Waals surface area (Å²) in [6.07, 6.45) is 0. The lowest BCUT2D eigenvalue weighted by atomic mass is 10.2. The Morgan fingerprint density at radius 2 is 2.00 bits per heavy atom. The van der Waals surface area contributed by atoms with E-state index in [1.807, 2.05) is 29.8 Å². The number of methoxy groups -OCH3 is 1. The molecule has 5 heteroatoms. The van der Waals surface area contributed by atoms with Gasteiger partial charge in [0.15, 0.2) is 0 Å². The van der Waals surface area contributed by atoms with Gasteiger partial charge in [0.25, 0.3) is 0 Å². The van der Waals surface area contributed by atoms with Gasteiger partial charge in [-0.15, -0.1) is 0 Å². The number of aryl methyl sites for hydroxylation is 1. The summed E-state index contributed by atoms with van der Waals surface area (Å²) in [4.78, 5) is 4.56. The monoisotopic (exact) mass is 288 g/mol. The molecule has 0 aliphatic rings. The van der Waals surface area contributed by atoms with Crippen molar-refractivity contribution in [2.45, 2.75) is 0 Å². The number of nitrogens with zero attached hydrogens (tertiary/aromatic N) is 2. The second kappa shape index (κ2) is 4.72. The van der Waals surface area contributed by atoms with Crippen LogP contribution < -0.4 is 4.74 Å². The van der Waals surface area contributed by atoms with Gasteiger partial charge < -0.3 is 14.4 Å². The highest BCUT2D eigenvalue weighted by atomic mass is 35.5. The molecule has 0 saturated carbocycles. The van der Waals surface area contributed by atoms with Crippen molar-refractivity contribution in [2.75, 3.05) is 7.11 Å². The average molecular weight is 289 g/mol. The molecule has 2 aromatic carbocycles. The molecule has 4 nitrogen and oxygen atoms in total. The number of phenolic OH excluding ortho intramolecular Hbond substituents is 1. The van der Waals surface area contributed by atoms with Crippen molar-refractivity contribution in [3.63, 3.8) is 0 Å². The third-order valence-corrected chi connectivity index (χ3v) is 3.52. The molecule has 0 aliphatic heterocycles. The van der Waals surface area contributed by atoms with Gasteiger partial charge in [-0.25, -0.2) is 4.98 Å². The van der Waals surface area contributed by atoms with Crippen LogP contribution in [-0.2, 0) is 7.05 Å². The number of phenols is 1. The van der Waals surface area contributed by atoms with Crippen molar-refractivity contribution in [2.24, 2.45) is 7.05 Å². The van der Waals surface area contributed by atoms with Gasteiger partial charge >= 0.3 is 0 Å². The summed E-state index contributed by atoms with van der Waals surface area (Å²) < 4.78 is 7.13. The first-order valence-electron chi connectivity index (χ1n) is 6.09. The second-order valence-corrected chi connectivity index (χ2v) is 4.95. The van der Waals surface area contributed by atoms with Gasteiger partial charge in [0, 0.05) is 18.1 Å². The minimum absolute atomic E-state index is 0.114. The summed E-state index contributed by atoms with van der Waals surface area (Å²) in [5.74, 6) is 1.55. The van der Waals surface area contributed by atoms with E-state index in [0.717, 1.165) is 16.8 Å². The van der Waals surface area contributed by atoms with Crippen molar-refractivity contribution in [1.82, 2.24) is 9.55 Å². The first kappa shape index (κ1) is 12.8. The zero-order valence-electron chi connectivity index (χ0n) is 11.1. The SMILES string of the molecule is COc1ccc2c(c1)nc(-c1ccc(Cl)cc1O)n2C. The number of fused-ring (bicyclic) bond motifs is 1. The maximum absolute atomic E-state index is 10.0. The Morgan fingerprint density at radius 1 is 1.20 bits per heavy atom. The zero-order chi connectivity index (χ0) is 14.3. The number of ether oxygens (including phenoxy) is 1. The Balaban J connectivity index is 2.23. The number of hydrogen-bond acceptors (Lipinski definition) is 3. The van der Waals surface area contributed by atoms with Crippen molar-refractivity contribution in [3.05, 3.63) is 41.4 Å². The van der Waals surface area contributed by atoms with Gasteiger partial charge in [-0.05, 0) is 30.3 Å². The smallest absolute Gasteiger partial charge is 0.144 e. The molecule has 0 radical (unpaired) electrons. The summed E-state index contributed by atoms with van der Waals surface area (Å²) in [6.45, 7) is 0. The van der Waals surface area contributed by atoms with Crippen molar-refractivity contribution in [3.8, 4) is 22.9 Å². The summed E-state index contributed by atoms with van der Waals surface area (Å²) in [5, 5.41) is 10.5. The predicted molar refractivity (Wildman–Crippen MR) is 79.4 cm³/mol. The van der Waals surface area contributed by atoms with E-state index in [2.05, 4.69) is 4.98 Å². The van der Waals surface area contributed by atoms with Gasteiger partial charge in [-0.3, -0.25) is 0 Å². The molecule has 0 spiro atoms. The van der Waals surface area contributed by atoms with E-state index < -0.39 is 0 Å². The maximum Gasteiger partial charge on any atom is 0.144 e. The van der Waals surface area contributed by atoms with Gasteiger partial charge in [0.05, 0.1) is 23.7 Å². The van der Waals surface area contributed by atoms with Crippen molar-refractivity contribution in [1.29, 1.82) is 0 Å². The first-order valence-corrected chi connectivity index (χ1v) is 6.47. The third kappa shape index (κ3) is 1.98. The molecule has 1 heterocycles. The normalized spacial score (nSPS) is 10.9. The molecular formula is C15H13ClN2O2. The molecule has 0 aliphatic carbocycles. The second-order valence-electron chi connectivity index (χ2n) is 4.51. The molecular weight excluding hydrogens is 276 g/mol. The van der Waals surface area contributed by atoms with Gasteiger partial charge in [-0.2, -0.15) is 0 Å². The zero-order valence-corrected chi connectivity index (χ0v) is 11.8. The summed E-state index contributed by atoms with van der Waals surface area (Å²) in [7, 11) is 3.53. The third-order valence-electron chi connectivity index (χ3n) is 3.29. The average Bonchev–Trinajstić information content (AvgIpc) is 2.75. The molecule has 0 bridgehead atoms. The highest BCUT2D eigenvalue weighted by molar-refractivity contribution is 6.30. The lowest BCUT2D eigenvalue weighted by Crippen LogP contribution is -1.92. The number of hydrogen-bond donors (Lipinski definition) is 1. The Morgan fingerprint density at radius 3 is 2.70 bits per heavy atom. The van der Waals surface area contributed by atoms with Gasteiger partial charge in [0.1, 0.15) is 17.3 Å². The van der Waals surface area contributed by atoms with E-state index in [1.165, 1.54) is 6.07 Å². The van der Waals surface area contributed by atoms with Crippen LogP contribution in [0.5, 0.6) is 11.5 Å². The molecule has 102 valence electrons. The first-order chi connectivity index (χ1) is 9.60.